The first-order chi connectivity index (χ1) is 10.2. The zero-order chi connectivity index (χ0) is 14.8. The number of carbonyl (C=O) groups is 2. The molecule has 2 N–H and O–H groups in total. The highest BCUT2D eigenvalue weighted by Gasteiger charge is 2.33. The molecule has 1 fully saturated rings. The van der Waals surface area contributed by atoms with E-state index in [9.17, 15) is 9.59 Å². The van der Waals surface area contributed by atoms with Gasteiger partial charge in [-0.3, -0.25) is 9.59 Å². The molecule has 0 radical (unpaired) electrons. The van der Waals surface area contributed by atoms with E-state index in [4.69, 9.17) is 5.11 Å². The van der Waals surface area contributed by atoms with Crippen molar-refractivity contribution in [1.29, 1.82) is 0 Å². The normalized spacial score (nSPS) is 18.6. The number of amides is 1. The van der Waals surface area contributed by atoms with Crippen LogP contribution in [0, 0.1) is 0 Å². The Bertz CT molecular complexity index is 698. The van der Waals surface area contributed by atoms with Crippen molar-refractivity contribution < 1.29 is 14.7 Å². The van der Waals surface area contributed by atoms with E-state index in [1.54, 1.807) is 4.90 Å². The minimum Gasteiger partial charge on any atom is -0.481 e. The number of nitrogens with one attached hydrogen (secondary N) is 1. The Labute approximate surface area is 120 Å². The number of aliphatic carboxylic acids is 1. The Hall–Kier alpha value is -2.70. The van der Waals surface area contributed by atoms with Crippen molar-refractivity contribution in [2.75, 3.05) is 18.0 Å². The number of hydrogen-bond acceptors (Lipinski definition) is 5. The number of piperazine rings is 1. The molecule has 0 spiro atoms. The highest BCUT2D eigenvalue weighted by Crippen LogP contribution is 2.26. The van der Waals surface area contributed by atoms with Gasteiger partial charge in [0.1, 0.15) is 18.2 Å². The molecule has 108 valence electrons. The number of benzene rings is 1. The Morgan fingerprint density at radius 1 is 1.38 bits per heavy atom. The van der Waals surface area contributed by atoms with Crippen LogP contribution in [-0.2, 0) is 9.59 Å². The van der Waals surface area contributed by atoms with E-state index in [2.05, 4.69) is 15.3 Å². The van der Waals surface area contributed by atoms with E-state index < -0.39 is 12.0 Å². The summed E-state index contributed by atoms with van der Waals surface area (Å²) in [7, 11) is 0. The molecule has 1 amide bonds. The third kappa shape index (κ3) is 2.49. The molecule has 1 aliphatic heterocycles. The first-order valence-corrected chi connectivity index (χ1v) is 6.62. The van der Waals surface area contributed by atoms with Crippen LogP contribution in [0.2, 0.25) is 0 Å². The maximum absolute atomic E-state index is 12.0. The molecule has 1 atom stereocenters. The van der Waals surface area contributed by atoms with Gasteiger partial charge < -0.3 is 15.3 Å². The van der Waals surface area contributed by atoms with Gasteiger partial charge in [-0.15, -0.1) is 0 Å². The molecule has 21 heavy (non-hydrogen) atoms. The summed E-state index contributed by atoms with van der Waals surface area (Å²) in [5, 5.41) is 12.5. The van der Waals surface area contributed by atoms with Crippen LogP contribution in [0.4, 0.5) is 5.82 Å². The molecule has 0 saturated carbocycles. The average molecular weight is 286 g/mol. The van der Waals surface area contributed by atoms with Crippen LogP contribution >= 0.6 is 0 Å². The van der Waals surface area contributed by atoms with Crippen molar-refractivity contribution >= 4 is 28.6 Å². The smallest absolute Gasteiger partial charge is 0.305 e. The molecule has 0 aliphatic carbocycles. The van der Waals surface area contributed by atoms with Gasteiger partial charge in [0.2, 0.25) is 5.91 Å². The number of anilines is 1. The number of carboxylic acid groups (broad SMARTS) is 1. The van der Waals surface area contributed by atoms with E-state index in [1.807, 2.05) is 24.3 Å². The number of para-hydroxylation sites is 1. The summed E-state index contributed by atoms with van der Waals surface area (Å²) < 4.78 is 0. The second-order valence-electron chi connectivity index (χ2n) is 4.81. The maximum Gasteiger partial charge on any atom is 0.305 e. The van der Waals surface area contributed by atoms with E-state index in [1.165, 1.54) is 6.33 Å². The van der Waals surface area contributed by atoms with Gasteiger partial charge in [0, 0.05) is 18.5 Å². The molecule has 3 rings (SSSR count). The number of nitrogens with zero attached hydrogens (tertiary/aromatic N) is 3. The minimum atomic E-state index is -1.01. The van der Waals surface area contributed by atoms with Gasteiger partial charge in [0.05, 0.1) is 11.9 Å². The third-order valence-electron chi connectivity index (χ3n) is 3.49. The number of rotatable bonds is 3. The van der Waals surface area contributed by atoms with E-state index in [0.29, 0.717) is 18.9 Å². The molecule has 2 heterocycles. The molecule has 1 unspecified atom stereocenters. The van der Waals surface area contributed by atoms with Crippen LogP contribution in [0.5, 0.6) is 0 Å². The fraction of sp³-hybridized carbons (Fsp3) is 0.286. The predicted molar refractivity (Wildman–Crippen MR) is 75.9 cm³/mol. The molecular weight excluding hydrogens is 272 g/mol. The third-order valence-corrected chi connectivity index (χ3v) is 3.49. The molecule has 1 aliphatic rings. The molecule has 1 aromatic carbocycles. The predicted octanol–water partition coefficient (Wildman–Crippen LogP) is 0.409. The largest absolute Gasteiger partial charge is 0.481 e. The number of carboxylic acids is 1. The molecule has 7 nitrogen and oxygen atoms in total. The van der Waals surface area contributed by atoms with Gasteiger partial charge in [-0.05, 0) is 12.1 Å². The monoisotopic (exact) mass is 286 g/mol. The van der Waals surface area contributed by atoms with Crippen LogP contribution < -0.4 is 10.2 Å². The van der Waals surface area contributed by atoms with Gasteiger partial charge in [-0.25, -0.2) is 9.97 Å². The highest BCUT2D eigenvalue weighted by atomic mass is 16.4. The van der Waals surface area contributed by atoms with E-state index >= 15 is 0 Å². The molecule has 1 aromatic heterocycles. The summed E-state index contributed by atoms with van der Waals surface area (Å²) in [4.78, 5) is 33.2. The summed E-state index contributed by atoms with van der Waals surface area (Å²) in [6.07, 6.45) is 1.17. The lowest BCUT2D eigenvalue weighted by molar-refractivity contribution is -0.139. The van der Waals surface area contributed by atoms with Crippen molar-refractivity contribution in [2.45, 2.75) is 12.5 Å². The number of hydrogen-bond donors (Lipinski definition) is 2. The maximum atomic E-state index is 12.0. The van der Waals surface area contributed by atoms with Crippen molar-refractivity contribution in [3.8, 4) is 0 Å². The summed E-state index contributed by atoms with van der Waals surface area (Å²) in [5.74, 6) is -0.701. The Morgan fingerprint density at radius 2 is 2.19 bits per heavy atom. The lowest BCUT2D eigenvalue weighted by Crippen LogP contribution is -2.56. The van der Waals surface area contributed by atoms with Crippen molar-refractivity contribution in [3.05, 3.63) is 30.6 Å². The van der Waals surface area contributed by atoms with Gasteiger partial charge >= 0.3 is 5.97 Å². The van der Waals surface area contributed by atoms with Crippen LogP contribution in [0.15, 0.2) is 30.6 Å². The Morgan fingerprint density at radius 3 is 3.00 bits per heavy atom. The van der Waals surface area contributed by atoms with E-state index in [0.717, 1.165) is 10.9 Å². The fourth-order valence-electron chi connectivity index (χ4n) is 2.56. The minimum absolute atomic E-state index is 0.260. The van der Waals surface area contributed by atoms with Crippen molar-refractivity contribution in [3.63, 3.8) is 0 Å². The molecular formula is C14H14N4O3. The van der Waals surface area contributed by atoms with Crippen LogP contribution in [0.1, 0.15) is 6.42 Å². The SMILES string of the molecule is O=C(O)CC1C(=O)NCCN1c1ncnc2ccccc12. The first kappa shape index (κ1) is 13.3. The van der Waals surface area contributed by atoms with Crippen LogP contribution in [0.25, 0.3) is 10.9 Å². The van der Waals surface area contributed by atoms with Crippen molar-refractivity contribution in [1.82, 2.24) is 15.3 Å². The van der Waals surface area contributed by atoms with Crippen LogP contribution in [-0.4, -0.2) is 46.1 Å². The molecule has 1 saturated heterocycles. The number of carbonyl (C=O) groups excluding carboxylic acids is 1. The lowest BCUT2D eigenvalue weighted by atomic mass is 10.1. The zero-order valence-electron chi connectivity index (χ0n) is 11.2. The summed E-state index contributed by atoms with van der Waals surface area (Å²) in [5.41, 5.74) is 0.766. The summed E-state index contributed by atoms with van der Waals surface area (Å²) in [6, 6.07) is 6.71. The number of aromatic nitrogens is 2. The summed E-state index contributed by atoms with van der Waals surface area (Å²) in [6.45, 7) is 0.984. The standard InChI is InChI=1S/C14H14N4O3/c19-12(20)7-11-14(21)15-5-6-18(11)13-9-3-1-2-4-10(9)16-8-17-13/h1-4,8,11H,5-7H2,(H,15,21)(H,19,20). The van der Waals surface area contributed by atoms with Gasteiger partial charge in [0.15, 0.2) is 0 Å². The topological polar surface area (TPSA) is 95.4 Å². The molecule has 7 heteroatoms. The Kier molecular flexibility index (Phi) is 3.39. The number of fused-ring (bicyclic) bond motifs is 1. The van der Waals surface area contributed by atoms with Gasteiger partial charge in [-0.1, -0.05) is 12.1 Å². The quantitative estimate of drug-likeness (QED) is 0.848. The van der Waals surface area contributed by atoms with E-state index in [-0.39, 0.29) is 12.3 Å². The first-order valence-electron chi connectivity index (χ1n) is 6.62. The molecule has 0 bridgehead atoms. The fourth-order valence-corrected chi connectivity index (χ4v) is 2.56. The van der Waals surface area contributed by atoms with Crippen LogP contribution in [0.3, 0.4) is 0 Å². The molecule has 2 aromatic rings. The Balaban J connectivity index is 2.06. The second kappa shape index (κ2) is 5.35. The second-order valence-corrected chi connectivity index (χ2v) is 4.81. The lowest BCUT2D eigenvalue weighted by Gasteiger charge is -2.35. The average Bonchev–Trinajstić information content (AvgIpc) is 2.48. The summed E-state index contributed by atoms with van der Waals surface area (Å²) >= 11 is 0. The zero-order valence-corrected chi connectivity index (χ0v) is 11.2. The van der Waals surface area contributed by atoms with Crippen molar-refractivity contribution in [2.24, 2.45) is 0 Å². The van der Waals surface area contributed by atoms with Gasteiger partial charge in [0.25, 0.3) is 0 Å². The highest BCUT2D eigenvalue weighted by molar-refractivity contribution is 5.95. The van der Waals surface area contributed by atoms with Gasteiger partial charge in [-0.2, -0.15) is 0 Å².